The smallest absolute Gasteiger partial charge is 0.318 e. The number of hydrogen-bond acceptors (Lipinski definition) is 4. The van der Waals surface area contributed by atoms with Crippen LogP contribution >= 0.6 is 0 Å². The van der Waals surface area contributed by atoms with Crippen molar-refractivity contribution < 1.29 is 26.4 Å². The quantitative estimate of drug-likeness (QED) is 0.613. The van der Waals surface area contributed by atoms with Gasteiger partial charge in [0, 0.05) is 5.69 Å². The summed E-state index contributed by atoms with van der Waals surface area (Å²) in [4.78, 5) is 13.0. The molecule has 0 aliphatic rings. The van der Waals surface area contributed by atoms with Gasteiger partial charge in [-0.1, -0.05) is 30.3 Å². The Morgan fingerprint density at radius 3 is 2.31 bits per heavy atom. The molecule has 0 unspecified atom stereocenters. The zero-order valence-electron chi connectivity index (χ0n) is 13.4. The predicted octanol–water partition coefficient (Wildman–Crippen LogP) is 2.89. The zero-order valence-corrected chi connectivity index (χ0v) is 14.2. The van der Waals surface area contributed by atoms with E-state index in [0.29, 0.717) is 5.56 Å². The van der Waals surface area contributed by atoms with Crippen LogP contribution in [0.1, 0.15) is 12.5 Å². The highest BCUT2D eigenvalue weighted by atomic mass is 32.2. The van der Waals surface area contributed by atoms with E-state index in [-0.39, 0.29) is 16.3 Å². The van der Waals surface area contributed by atoms with Gasteiger partial charge in [0.2, 0.25) is 0 Å². The van der Waals surface area contributed by atoms with Gasteiger partial charge in [0.1, 0.15) is 0 Å². The first kappa shape index (κ1) is 19.4. The molecule has 0 radical (unpaired) electrons. The predicted molar refractivity (Wildman–Crippen MR) is 90.1 cm³/mol. The molecule has 0 spiro atoms. The largest absolute Gasteiger partial charge is 0.471 e. The number of sulfonamides is 1. The van der Waals surface area contributed by atoms with E-state index in [1.165, 1.54) is 43.3 Å². The SMILES string of the molecule is C/C(=N\NS(=O)(=O)c1ccccc1)c1cccc(NC(=O)C(F)(F)F)c1. The van der Waals surface area contributed by atoms with Crippen molar-refractivity contribution in [3.63, 3.8) is 0 Å². The summed E-state index contributed by atoms with van der Waals surface area (Å²) >= 11 is 0. The molecule has 0 fully saturated rings. The molecule has 0 saturated heterocycles. The highest BCUT2D eigenvalue weighted by molar-refractivity contribution is 7.89. The summed E-state index contributed by atoms with van der Waals surface area (Å²) in [5.74, 6) is -2.10. The van der Waals surface area contributed by atoms with Gasteiger partial charge in [-0.05, 0) is 36.8 Å². The Kier molecular flexibility index (Phi) is 5.66. The van der Waals surface area contributed by atoms with Gasteiger partial charge in [-0.25, -0.2) is 0 Å². The third-order valence-electron chi connectivity index (χ3n) is 3.18. The van der Waals surface area contributed by atoms with Crippen molar-refractivity contribution in [2.24, 2.45) is 5.10 Å². The number of rotatable bonds is 5. The molecule has 0 aliphatic heterocycles. The lowest BCUT2D eigenvalue weighted by molar-refractivity contribution is -0.167. The number of carbonyl (C=O) groups excluding carboxylic acids is 1. The van der Waals surface area contributed by atoms with E-state index in [0.717, 1.165) is 0 Å². The van der Waals surface area contributed by atoms with Crippen LogP contribution in [0.3, 0.4) is 0 Å². The Hall–Kier alpha value is -2.88. The van der Waals surface area contributed by atoms with Crippen LogP contribution in [0.15, 0.2) is 64.6 Å². The van der Waals surface area contributed by atoms with Gasteiger partial charge in [-0.2, -0.15) is 31.5 Å². The molecule has 0 heterocycles. The molecule has 138 valence electrons. The van der Waals surface area contributed by atoms with Crippen molar-refractivity contribution in [2.45, 2.75) is 18.0 Å². The molecule has 0 aromatic heterocycles. The number of hydrazone groups is 1. The van der Waals surface area contributed by atoms with Crippen molar-refractivity contribution >= 4 is 27.3 Å². The summed E-state index contributed by atoms with van der Waals surface area (Å²) in [5, 5.41) is 5.47. The molecular formula is C16H14F3N3O3S. The fourth-order valence-corrected chi connectivity index (χ4v) is 2.75. The standard InChI is InChI=1S/C16H14F3N3O3S/c1-11(21-22-26(24,25)14-8-3-2-4-9-14)12-6-5-7-13(10-12)20-15(23)16(17,18)19/h2-10,22H,1H3,(H,20,23)/b21-11+. The Labute approximate surface area is 147 Å². The monoisotopic (exact) mass is 385 g/mol. The maximum absolute atomic E-state index is 12.3. The summed E-state index contributed by atoms with van der Waals surface area (Å²) in [6.07, 6.45) is -5.01. The van der Waals surface area contributed by atoms with Gasteiger partial charge < -0.3 is 5.32 Å². The highest BCUT2D eigenvalue weighted by Crippen LogP contribution is 2.19. The first-order chi connectivity index (χ1) is 12.1. The molecule has 0 saturated carbocycles. The normalized spacial score (nSPS) is 12.5. The fourth-order valence-electron chi connectivity index (χ4n) is 1.87. The number of hydrogen-bond donors (Lipinski definition) is 2. The number of alkyl halides is 3. The van der Waals surface area contributed by atoms with Gasteiger partial charge in [-0.3, -0.25) is 4.79 Å². The van der Waals surface area contributed by atoms with Crippen LogP contribution in [0.25, 0.3) is 0 Å². The van der Waals surface area contributed by atoms with Crippen molar-refractivity contribution in [3.8, 4) is 0 Å². The maximum atomic E-state index is 12.3. The summed E-state index contributed by atoms with van der Waals surface area (Å²) in [6.45, 7) is 1.47. The fraction of sp³-hybridized carbons (Fsp3) is 0.125. The summed E-state index contributed by atoms with van der Waals surface area (Å²) in [7, 11) is -3.87. The average molecular weight is 385 g/mol. The molecule has 0 atom stereocenters. The number of halogens is 3. The second-order valence-corrected chi connectivity index (χ2v) is 6.80. The molecule has 6 nitrogen and oxygen atoms in total. The third kappa shape index (κ3) is 5.06. The van der Waals surface area contributed by atoms with E-state index in [1.54, 1.807) is 23.5 Å². The van der Waals surface area contributed by atoms with E-state index in [1.807, 2.05) is 0 Å². The lowest BCUT2D eigenvalue weighted by Crippen LogP contribution is -2.29. The molecule has 2 N–H and O–H groups in total. The zero-order chi connectivity index (χ0) is 19.4. The first-order valence-corrected chi connectivity index (χ1v) is 8.68. The van der Waals surface area contributed by atoms with Gasteiger partial charge in [0.15, 0.2) is 0 Å². The molecule has 26 heavy (non-hydrogen) atoms. The average Bonchev–Trinajstić information content (AvgIpc) is 2.60. The maximum Gasteiger partial charge on any atom is 0.471 e. The Morgan fingerprint density at radius 2 is 1.69 bits per heavy atom. The van der Waals surface area contributed by atoms with Crippen molar-refractivity contribution in [1.82, 2.24) is 4.83 Å². The number of nitrogens with one attached hydrogen (secondary N) is 2. The van der Waals surface area contributed by atoms with Gasteiger partial charge >= 0.3 is 12.1 Å². The molecule has 2 aromatic carbocycles. The molecule has 2 rings (SSSR count). The van der Waals surface area contributed by atoms with Crippen LogP contribution in [0.5, 0.6) is 0 Å². The van der Waals surface area contributed by atoms with Crippen LogP contribution in [0.2, 0.25) is 0 Å². The van der Waals surface area contributed by atoms with E-state index < -0.39 is 22.1 Å². The first-order valence-electron chi connectivity index (χ1n) is 7.19. The highest BCUT2D eigenvalue weighted by Gasteiger charge is 2.38. The van der Waals surface area contributed by atoms with Gasteiger partial charge in [-0.15, -0.1) is 0 Å². The number of amides is 1. The summed E-state index contributed by atoms with van der Waals surface area (Å²) in [6, 6.07) is 13.0. The molecule has 2 aromatic rings. The minimum atomic E-state index is -5.01. The van der Waals surface area contributed by atoms with Crippen LogP contribution in [-0.2, 0) is 14.8 Å². The molecule has 0 bridgehead atoms. The van der Waals surface area contributed by atoms with Crippen LogP contribution in [-0.4, -0.2) is 26.2 Å². The number of carbonyl (C=O) groups is 1. The lowest BCUT2D eigenvalue weighted by atomic mass is 10.1. The van der Waals surface area contributed by atoms with E-state index in [2.05, 4.69) is 9.93 Å². The summed E-state index contributed by atoms with van der Waals surface area (Å²) in [5.41, 5.74) is 0.443. The Morgan fingerprint density at radius 1 is 1.04 bits per heavy atom. The van der Waals surface area contributed by atoms with Gasteiger partial charge in [0.25, 0.3) is 10.0 Å². The molecule has 10 heteroatoms. The molecule has 0 aliphatic carbocycles. The Balaban J connectivity index is 2.17. The van der Waals surface area contributed by atoms with E-state index >= 15 is 0 Å². The minimum Gasteiger partial charge on any atom is -0.318 e. The molecule has 1 amide bonds. The minimum absolute atomic E-state index is 0.0164. The van der Waals surface area contributed by atoms with Crippen molar-refractivity contribution in [2.75, 3.05) is 5.32 Å². The third-order valence-corrected chi connectivity index (χ3v) is 4.41. The second kappa shape index (κ2) is 7.56. The Bertz CT molecular complexity index is 927. The lowest BCUT2D eigenvalue weighted by Gasteiger charge is -2.09. The van der Waals surface area contributed by atoms with Crippen molar-refractivity contribution in [3.05, 3.63) is 60.2 Å². The number of anilines is 1. The second-order valence-electron chi connectivity index (χ2n) is 5.14. The van der Waals surface area contributed by atoms with E-state index in [9.17, 15) is 26.4 Å². The number of nitrogens with zero attached hydrogens (tertiary/aromatic N) is 1. The topological polar surface area (TPSA) is 87.6 Å². The van der Waals surface area contributed by atoms with Crippen molar-refractivity contribution in [1.29, 1.82) is 0 Å². The van der Waals surface area contributed by atoms with Crippen LogP contribution in [0.4, 0.5) is 18.9 Å². The molecular weight excluding hydrogens is 371 g/mol. The van der Waals surface area contributed by atoms with Crippen LogP contribution < -0.4 is 10.1 Å². The van der Waals surface area contributed by atoms with Crippen LogP contribution in [0, 0.1) is 0 Å². The van der Waals surface area contributed by atoms with Gasteiger partial charge in [0.05, 0.1) is 10.6 Å². The van der Waals surface area contributed by atoms with E-state index in [4.69, 9.17) is 0 Å². The number of benzene rings is 2. The summed E-state index contributed by atoms with van der Waals surface area (Å²) < 4.78 is 61.1.